The van der Waals surface area contributed by atoms with Crippen LogP contribution in [0.3, 0.4) is 0 Å². The van der Waals surface area contributed by atoms with Gasteiger partial charge < -0.3 is 10.1 Å². The lowest BCUT2D eigenvalue weighted by atomic mass is 9.88. The first-order valence-corrected chi connectivity index (χ1v) is 7.28. The van der Waals surface area contributed by atoms with Gasteiger partial charge >= 0.3 is 0 Å². The van der Waals surface area contributed by atoms with E-state index in [9.17, 15) is 9.90 Å². The second-order valence-electron chi connectivity index (χ2n) is 5.80. The van der Waals surface area contributed by atoms with Crippen molar-refractivity contribution < 1.29 is 5.11 Å². The summed E-state index contributed by atoms with van der Waals surface area (Å²) in [7, 11) is 0. The molecular formula is C17H17NO2. The van der Waals surface area contributed by atoms with Gasteiger partial charge in [-0.05, 0) is 47.9 Å². The van der Waals surface area contributed by atoms with Crippen LogP contribution in [0.1, 0.15) is 40.7 Å². The van der Waals surface area contributed by atoms with E-state index in [4.69, 9.17) is 0 Å². The summed E-state index contributed by atoms with van der Waals surface area (Å²) in [5, 5.41) is 9.26. The van der Waals surface area contributed by atoms with Crippen molar-refractivity contribution >= 4 is 0 Å². The summed E-state index contributed by atoms with van der Waals surface area (Å²) < 4.78 is 0. The second kappa shape index (κ2) is 4.32. The van der Waals surface area contributed by atoms with E-state index in [1.807, 2.05) is 12.1 Å². The minimum absolute atomic E-state index is 0.0677. The molecule has 1 aromatic carbocycles. The standard InChI is InChI=1S/C17H17NO2/c19-9-10-5-6-12-11(7-10)8-15-13-3-1-2-4-14(13)17(20)18-16(12)15/h5-7,19H,1-4,8-9H2,(H,18,20). The number of aliphatic hydroxyl groups excluding tert-OH is 1. The van der Waals surface area contributed by atoms with Crippen molar-refractivity contribution in [2.24, 2.45) is 0 Å². The molecule has 0 bridgehead atoms. The van der Waals surface area contributed by atoms with Gasteiger partial charge in [0.05, 0.1) is 12.3 Å². The summed E-state index contributed by atoms with van der Waals surface area (Å²) in [6.07, 6.45) is 5.13. The lowest BCUT2D eigenvalue weighted by Gasteiger charge is -2.18. The van der Waals surface area contributed by atoms with E-state index in [2.05, 4.69) is 11.1 Å². The zero-order valence-electron chi connectivity index (χ0n) is 11.3. The van der Waals surface area contributed by atoms with Crippen LogP contribution < -0.4 is 5.56 Å². The number of nitrogens with one attached hydrogen (secondary N) is 1. The molecule has 2 aliphatic carbocycles. The monoisotopic (exact) mass is 267 g/mol. The first-order valence-electron chi connectivity index (χ1n) is 7.28. The molecule has 0 saturated heterocycles. The molecule has 0 saturated carbocycles. The van der Waals surface area contributed by atoms with Gasteiger partial charge in [-0.3, -0.25) is 4.79 Å². The van der Waals surface area contributed by atoms with Crippen molar-refractivity contribution in [2.75, 3.05) is 0 Å². The number of aliphatic hydroxyl groups is 1. The van der Waals surface area contributed by atoms with Gasteiger partial charge in [-0.15, -0.1) is 0 Å². The molecule has 4 rings (SSSR count). The summed E-state index contributed by atoms with van der Waals surface area (Å²) in [5.41, 5.74) is 8.00. The van der Waals surface area contributed by atoms with Gasteiger partial charge in [-0.2, -0.15) is 0 Å². The number of hydrogen-bond acceptors (Lipinski definition) is 2. The lowest BCUT2D eigenvalue weighted by Crippen LogP contribution is -2.21. The van der Waals surface area contributed by atoms with Crippen molar-refractivity contribution in [3.05, 3.63) is 56.4 Å². The van der Waals surface area contributed by atoms with Gasteiger partial charge in [0.1, 0.15) is 0 Å². The smallest absolute Gasteiger partial charge is 0.251 e. The van der Waals surface area contributed by atoms with Crippen LogP contribution in [0.5, 0.6) is 0 Å². The van der Waals surface area contributed by atoms with Crippen molar-refractivity contribution in [2.45, 2.75) is 38.7 Å². The van der Waals surface area contributed by atoms with Gasteiger partial charge in [0.15, 0.2) is 0 Å². The van der Waals surface area contributed by atoms with Crippen molar-refractivity contribution in [3.63, 3.8) is 0 Å². The second-order valence-corrected chi connectivity index (χ2v) is 5.80. The zero-order valence-corrected chi connectivity index (χ0v) is 11.3. The summed E-state index contributed by atoms with van der Waals surface area (Å²) in [4.78, 5) is 15.4. The molecule has 0 amide bonds. The van der Waals surface area contributed by atoms with Crippen LogP contribution in [0.15, 0.2) is 23.0 Å². The summed E-state index contributed by atoms with van der Waals surface area (Å²) in [6.45, 7) is 0.0677. The van der Waals surface area contributed by atoms with Crippen LogP contribution in [-0.2, 0) is 25.9 Å². The Morgan fingerprint density at radius 3 is 2.70 bits per heavy atom. The number of aromatic nitrogens is 1. The Morgan fingerprint density at radius 2 is 1.90 bits per heavy atom. The molecule has 1 heterocycles. The Kier molecular flexibility index (Phi) is 2.57. The van der Waals surface area contributed by atoms with E-state index < -0.39 is 0 Å². The van der Waals surface area contributed by atoms with Gasteiger partial charge in [0, 0.05) is 17.5 Å². The molecule has 3 nitrogen and oxygen atoms in total. The third-order valence-corrected chi connectivity index (χ3v) is 4.64. The summed E-state index contributed by atoms with van der Waals surface area (Å²) in [6, 6.07) is 6.02. The Bertz CT molecular complexity index is 758. The molecule has 2 aromatic rings. The molecule has 0 fully saturated rings. The lowest BCUT2D eigenvalue weighted by molar-refractivity contribution is 0.282. The van der Waals surface area contributed by atoms with Crippen LogP contribution in [-0.4, -0.2) is 10.1 Å². The number of benzene rings is 1. The first-order chi connectivity index (χ1) is 9.78. The minimum Gasteiger partial charge on any atom is -0.392 e. The van der Waals surface area contributed by atoms with Crippen LogP contribution in [0.25, 0.3) is 11.3 Å². The Hall–Kier alpha value is -1.87. The van der Waals surface area contributed by atoms with Crippen LogP contribution in [0, 0.1) is 0 Å². The van der Waals surface area contributed by atoms with Crippen LogP contribution >= 0.6 is 0 Å². The molecule has 0 unspecified atom stereocenters. The fourth-order valence-corrected chi connectivity index (χ4v) is 3.66. The number of aromatic amines is 1. The fraction of sp³-hybridized carbons (Fsp3) is 0.353. The molecule has 2 aliphatic rings. The third-order valence-electron chi connectivity index (χ3n) is 4.64. The number of pyridine rings is 1. The Balaban J connectivity index is 1.94. The quantitative estimate of drug-likeness (QED) is 0.711. The van der Waals surface area contributed by atoms with Crippen LogP contribution in [0.4, 0.5) is 0 Å². The molecule has 0 atom stereocenters. The molecule has 2 N–H and O–H groups in total. The van der Waals surface area contributed by atoms with E-state index in [0.717, 1.165) is 48.1 Å². The van der Waals surface area contributed by atoms with E-state index in [1.165, 1.54) is 23.1 Å². The molecule has 0 aliphatic heterocycles. The number of fused-ring (bicyclic) bond motifs is 5. The number of hydrogen-bond donors (Lipinski definition) is 2. The maximum absolute atomic E-state index is 12.3. The first kappa shape index (κ1) is 11.9. The molecule has 0 spiro atoms. The molecular weight excluding hydrogens is 250 g/mol. The molecule has 102 valence electrons. The zero-order chi connectivity index (χ0) is 13.7. The van der Waals surface area contributed by atoms with Gasteiger partial charge in [-0.25, -0.2) is 0 Å². The summed E-state index contributed by atoms with van der Waals surface area (Å²) >= 11 is 0. The average Bonchev–Trinajstić information content (AvgIpc) is 2.85. The van der Waals surface area contributed by atoms with E-state index in [0.29, 0.717) is 0 Å². The van der Waals surface area contributed by atoms with Crippen LogP contribution in [0.2, 0.25) is 0 Å². The Labute approximate surface area is 117 Å². The largest absolute Gasteiger partial charge is 0.392 e. The van der Waals surface area contributed by atoms with E-state index >= 15 is 0 Å². The highest BCUT2D eigenvalue weighted by atomic mass is 16.3. The highest BCUT2D eigenvalue weighted by molar-refractivity contribution is 5.75. The maximum atomic E-state index is 12.3. The highest BCUT2D eigenvalue weighted by Gasteiger charge is 2.26. The SMILES string of the molecule is O=c1[nH]c2c(c3c1CCCC3)Cc1cc(CO)ccc1-2. The van der Waals surface area contributed by atoms with Gasteiger partial charge in [0.25, 0.3) is 5.56 Å². The predicted molar refractivity (Wildman–Crippen MR) is 77.9 cm³/mol. The predicted octanol–water partition coefficient (Wildman–Crippen LogP) is 2.32. The highest BCUT2D eigenvalue weighted by Crippen LogP contribution is 2.38. The number of H-pyrrole nitrogens is 1. The van der Waals surface area contributed by atoms with Gasteiger partial charge in [-0.1, -0.05) is 18.2 Å². The normalized spacial score (nSPS) is 15.7. The maximum Gasteiger partial charge on any atom is 0.251 e. The average molecular weight is 267 g/mol. The van der Waals surface area contributed by atoms with Crippen molar-refractivity contribution in [3.8, 4) is 11.3 Å². The molecule has 0 radical (unpaired) electrons. The van der Waals surface area contributed by atoms with Crippen molar-refractivity contribution in [1.29, 1.82) is 0 Å². The minimum atomic E-state index is 0.0677. The van der Waals surface area contributed by atoms with Gasteiger partial charge in [0.2, 0.25) is 0 Å². The molecule has 20 heavy (non-hydrogen) atoms. The molecule has 1 aromatic heterocycles. The summed E-state index contributed by atoms with van der Waals surface area (Å²) in [5.74, 6) is 0. The third kappa shape index (κ3) is 1.59. The fourth-order valence-electron chi connectivity index (χ4n) is 3.66. The van der Waals surface area contributed by atoms with E-state index in [1.54, 1.807) is 0 Å². The topological polar surface area (TPSA) is 53.1 Å². The molecule has 3 heteroatoms. The van der Waals surface area contributed by atoms with E-state index in [-0.39, 0.29) is 12.2 Å². The Morgan fingerprint density at radius 1 is 1.10 bits per heavy atom. The van der Waals surface area contributed by atoms with Crippen molar-refractivity contribution in [1.82, 2.24) is 4.98 Å². The number of rotatable bonds is 1.